The summed E-state index contributed by atoms with van der Waals surface area (Å²) in [5.41, 5.74) is 1.70. The summed E-state index contributed by atoms with van der Waals surface area (Å²) in [7, 11) is 0. The molecule has 0 aliphatic rings. The highest BCUT2D eigenvalue weighted by atomic mass is 14.1. The molecule has 0 unspecified atom stereocenters. The maximum absolute atomic E-state index is 2.47. The zero-order valence-corrected chi connectivity index (χ0v) is 10.1. The normalized spacial score (nSPS) is 13.0. The maximum atomic E-state index is 2.47. The monoisotopic (exact) mass is 182 g/mol. The summed E-state index contributed by atoms with van der Waals surface area (Å²) in [5, 5.41) is 0. The van der Waals surface area contributed by atoms with E-state index in [0.717, 1.165) is 5.92 Å². The van der Waals surface area contributed by atoms with Gasteiger partial charge in [-0.1, -0.05) is 52.7 Å². The fourth-order valence-corrected chi connectivity index (χ4v) is 1.95. The van der Waals surface area contributed by atoms with E-state index in [1.54, 1.807) is 5.57 Å². The van der Waals surface area contributed by atoms with Crippen LogP contribution in [0.1, 0.15) is 60.3 Å². The molecule has 0 radical (unpaired) electrons. The van der Waals surface area contributed by atoms with E-state index in [0.29, 0.717) is 5.92 Å². The lowest BCUT2D eigenvalue weighted by atomic mass is 9.88. The fourth-order valence-electron chi connectivity index (χ4n) is 1.95. The molecular weight excluding hydrogens is 156 g/mol. The lowest BCUT2D eigenvalue weighted by Crippen LogP contribution is -2.03. The quantitative estimate of drug-likeness (QED) is 0.517. The number of rotatable bonds is 6. The zero-order chi connectivity index (χ0) is 10.3. The first kappa shape index (κ1) is 12.7. The minimum Gasteiger partial charge on any atom is -0.0825 e. The summed E-state index contributed by atoms with van der Waals surface area (Å²) in [6.07, 6.45) is 7.66. The van der Waals surface area contributed by atoms with Crippen molar-refractivity contribution in [1.82, 2.24) is 0 Å². The first-order valence-corrected chi connectivity index (χ1v) is 5.86. The molecule has 0 aromatic heterocycles. The van der Waals surface area contributed by atoms with Crippen molar-refractivity contribution in [3.05, 3.63) is 11.6 Å². The van der Waals surface area contributed by atoms with Crippen LogP contribution in [0.25, 0.3) is 0 Å². The van der Waals surface area contributed by atoms with Crippen LogP contribution in [0.4, 0.5) is 0 Å². The highest BCUT2D eigenvalue weighted by Gasteiger charge is 2.09. The highest BCUT2D eigenvalue weighted by Crippen LogP contribution is 2.24. The predicted molar refractivity (Wildman–Crippen MR) is 61.9 cm³/mol. The molecule has 0 bridgehead atoms. The topological polar surface area (TPSA) is 0 Å². The fraction of sp³-hybridized carbons (Fsp3) is 0.846. The molecule has 13 heavy (non-hydrogen) atoms. The van der Waals surface area contributed by atoms with Gasteiger partial charge in [0, 0.05) is 0 Å². The van der Waals surface area contributed by atoms with Crippen molar-refractivity contribution in [1.29, 1.82) is 0 Å². The van der Waals surface area contributed by atoms with Crippen LogP contribution < -0.4 is 0 Å². The molecule has 0 aliphatic carbocycles. The van der Waals surface area contributed by atoms with Crippen LogP contribution in [0.15, 0.2) is 11.6 Å². The van der Waals surface area contributed by atoms with Crippen molar-refractivity contribution in [2.45, 2.75) is 60.3 Å². The van der Waals surface area contributed by atoms with Crippen LogP contribution >= 0.6 is 0 Å². The molecule has 0 fully saturated rings. The molecule has 0 saturated carbocycles. The first-order valence-electron chi connectivity index (χ1n) is 5.86. The third-order valence-electron chi connectivity index (χ3n) is 2.60. The lowest BCUT2D eigenvalue weighted by molar-refractivity contribution is 0.539. The Labute approximate surface area is 84.4 Å². The standard InChI is InChI=1S/C13H26/c1-6-9-13(10-11(4)5)12(7-2)8-3/h10-12H,6-9H2,1-5H3. The van der Waals surface area contributed by atoms with E-state index in [1.807, 2.05) is 0 Å². The third kappa shape index (κ3) is 5.13. The first-order chi connectivity index (χ1) is 6.15. The van der Waals surface area contributed by atoms with Crippen LogP contribution in [0.5, 0.6) is 0 Å². The molecule has 0 heteroatoms. The highest BCUT2D eigenvalue weighted by molar-refractivity contribution is 5.07. The molecule has 0 atom stereocenters. The molecule has 78 valence electrons. The predicted octanol–water partition coefficient (Wildman–Crippen LogP) is 4.81. The summed E-state index contributed by atoms with van der Waals surface area (Å²) < 4.78 is 0. The van der Waals surface area contributed by atoms with Gasteiger partial charge in [-0.05, 0) is 31.1 Å². The molecule has 0 nitrogen and oxygen atoms in total. The van der Waals surface area contributed by atoms with Crippen molar-refractivity contribution >= 4 is 0 Å². The Morgan fingerprint density at radius 3 is 1.92 bits per heavy atom. The van der Waals surface area contributed by atoms with E-state index in [9.17, 15) is 0 Å². The summed E-state index contributed by atoms with van der Waals surface area (Å²) in [6, 6.07) is 0. The SMILES string of the molecule is CCCC(=CC(C)C)C(CC)CC. The molecule has 0 heterocycles. The Morgan fingerprint density at radius 1 is 1.08 bits per heavy atom. The second kappa shape index (κ2) is 7.17. The number of hydrogen-bond donors (Lipinski definition) is 0. The molecule has 0 amide bonds. The largest absolute Gasteiger partial charge is 0.0825 e. The van der Waals surface area contributed by atoms with E-state index >= 15 is 0 Å². The van der Waals surface area contributed by atoms with E-state index in [4.69, 9.17) is 0 Å². The zero-order valence-electron chi connectivity index (χ0n) is 10.1. The smallest absolute Gasteiger partial charge is 0.0208 e. The van der Waals surface area contributed by atoms with Gasteiger partial charge in [-0.2, -0.15) is 0 Å². The van der Waals surface area contributed by atoms with Gasteiger partial charge in [-0.25, -0.2) is 0 Å². The molecule has 0 N–H and O–H groups in total. The number of hydrogen-bond acceptors (Lipinski definition) is 0. The van der Waals surface area contributed by atoms with Crippen molar-refractivity contribution < 1.29 is 0 Å². The van der Waals surface area contributed by atoms with Gasteiger partial charge in [-0.3, -0.25) is 0 Å². The lowest BCUT2D eigenvalue weighted by Gasteiger charge is -2.17. The minimum absolute atomic E-state index is 0.710. The van der Waals surface area contributed by atoms with E-state index in [1.165, 1.54) is 25.7 Å². The van der Waals surface area contributed by atoms with Gasteiger partial charge in [0.1, 0.15) is 0 Å². The van der Waals surface area contributed by atoms with Gasteiger partial charge in [0.2, 0.25) is 0 Å². The summed E-state index contributed by atoms with van der Waals surface area (Å²) in [4.78, 5) is 0. The Bertz CT molecular complexity index is 138. The molecular formula is C13H26. The average molecular weight is 182 g/mol. The Morgan fingerprint density at radius 2 is 1.62 bits per heavy atom. The Balaban J connectivity index is 4.37. The maximum Gasteiger partial charge on any atom is -0.0208 e. The van der Waals surface area contributed by atoms with Gasteiger partial charge in [0.05, 0.1) is 0 Å². The average Bonchev–Trinajstić information content (AvgIpc) is 2.05. The van der Waals surface area contributed by atoms with E-state index < -0.39 is 0 Å². The van der Waals surface area contributed by atoms with Crippen molar-refractivity contribution in [2.24, 2.45) is 11.8 Å². The molecule has 0 spiro atoms. The van der Waals surface area contributed by atoms with Crippen LogP contribution in [-0.4, -0.2) is 0 Å². The number of allylic oxidation sites excluding steroid dienone is 2. The van der Waals surface area contributed by atoms with Gasteiger partial charge in [0.15, 0.2) is 0 Å². The Kier molecular flexibility index (Phi) is 7.03. The molecule has 0 rings (SSSR count). The minimum atomic E-state index is 0.710. The molecule has 0 aromatic carbocycles. The van der Waals surface area contributed by atoms with Crippen LogP contribution in [0, 0.1) is 11.8 Å². The van der Waals surface area contributed by atoms with Gasteiger partial charge in [-0.15, -0.1) is 0 Å². The third-order valence-corrected chi connectivity index (χ3v) is 2.60. The van der Waals surface area contributed by atoms with Gasteiger partial charge < -0.3 is 0 Å². The van der Waals surface area contributed by atoms with Crippen molar-refractivity contribution in [2.75, 3.05) is 0 Å². The second-order valence-corrected chi connectivity index (χ2v) is 4.25. The van der Waals surface area contributed by atoms with Crippen molar-refractivity contribution in [3.63, 3.8) is 0 Å². The van der Waals surface area contributed by atoms with Crippen LogP contribution in [0.2, 0.25) is 0 Å². The van der Waals surface area contributed by atoms with Crippen LogP contribution in [-0.2, 0) is 0 Å². The molecule has 0 aliphatic heterocycles. The summed E-state index contributed by atoms with van der Waals surface area (Å²) in [5.74, 6) is 1.55. The van der Waals surface area contributed by atoms with E-state index in [-0.39, 0.29) is 0 Å². The van der Waals surface area contributed by atoms with Crippen LogP contribution in [0.3, 0.4) is 0 Å². The molecule has 0 saturated heterocycles. The van der Waals surface area contributed by atoms with Crippen molar-refractivity contribution in [3.8, 4) is 0 Å². The summed E-state index contributed by atoms with van der Waals surface area (Å²) >= 11 is 0. The Hall–Kier alpha value is -0.260. The molecule has 0 aromatic rings. The van der Waals surface area contributed by atoms with E-state index in [2.05, 4.69) is 40.7 Å². The second-order valence-electron chi connectivity index (χ2n) is 4.25. The van der Waals surface area contributed by atoms with Gasteiger partial charge in [0.25, 0.3) is 0 Å². The summed E-state index contributed by atoms with van der Waals surface area (Å²) in [6.45, 7) is 11.4. The van der Waals surface area contributed by atoms with Gasteiger partial charge >= 0.3 is 0 Å².